The van der Waals surface area contributed by atoms with Crippen molar-refractivity contribution in [3.05, 3.63) is 59.1 Å². The van der Waals surface area contributed by atoms with Gasteiger partial charge in [-0.25, -0.2) is 0 Å². The summed E-state index contributed by atoms with van der Waals surface area (Å²) in [6, 6.07) is 12.6. The molecule has 3 rings (SSSR count). The van der Waals surface area contributed by atoms with Gasteiger partial charge in [-0.3, -0.25) is 9.59 Å². The van der Waals surface area contributed by atoms with Crippen molar-refractivity contribution in [2.45, 2.75) is 12.8 Å². The number of hydrogen-bond acceptors (Lipinski definition) is 3. The first-order chi connectivity index (χ1) is 12.6. The third kappa shape index (κ3) is 4.24. The molecular weight excluding hydrogens is 352 g/mol. The maximum absolute atomic E-state index is 12.0. The van der Waals surface area contributed by atoms with Crippen molar-refractivity contribution < 1.29 is 14.3 Å². The van der Waals surface area contributed by atoms with Crippen LogP contribution in [0.4, 0.5) is 11.4 Å². The zero-order chi connectivity index (χ0) is 18.5. The van der Waals surface area contributed by atoms with Gasteiger partial charge in [0.2, 0.25) is 11.8 Å². The van der Waals surface area contributed by atoms with Gasteiger partial charge in [0.05, 0.1) is 12.1 Å². The summed E-state index contributed by atoms with van der Waals surface area (Å²) < 4.78 is 5.08. The highest BCUT2D eigenvalue weighted by atomic mass is 35.5. The minimum absolute atomic E-state index is 0.158. The first kappa shape index (κ1) is 18.0. The molecule has 2 amide bonds. The van der Waals surface area contributed by atoms with Crippen molar-refractivity contribution in [3.8, 4) is 5.75 Å². The average molecular weight is 371 g/mol. The number of benzene rings is 2. The Morgan fingerprint density at radius 2 is 2.00 bits per heavy atom. The Bertz CT molecular complexity index is 847. The molecule has 0 atom stereocenters. The lowest BCUT2D eigenvalue weighted by atomic mass is 10.2. The molecule has 0 unspecified atom stereocenters. The number of ether oxygens (including phenoxy) is 1. The summed E-state index contributed by atoms with van der Waals surface area (Å²) in [5.41, 5.74) is 2.36. The van der Waals surface area contributed by atoms with Crippen LogP contribution in [0.1, 0.15) is 18.4 Å². The molecule has 6 heteroatoms. The molecule has 1 heterocycles. The maximum atomic E-state index is 12.0. The number of rotatable bonds is 5. The molecule has 134 valence electrons. The molecule has 2 aromatic carbocycles. The van der Waals surface area contributed by atoms with Gasteiger partial charge in [-0.05, 0) is 48.4 Å². The number of halogens is 1. The number of amides is 2. The zero-order valence-corrected chi connectivity index (χ0v) is 15.1. The first-order valence-electron chi connectivity index (χ1n) is 8.30. The number of anilines is 2. The van der Waals surface area contributed by atoms with Crippen LogP contribution in [0.2, 0.25) is 5.02 Å². The van der Waals surface area contributed by atoms with Gasteiger partial charge >= 0.3 is 0 Å². The molecule has 0 saturated carbocycles. The van der Waals surface area contributed by atoms with Crippen LogP contribution >= 0.6 is 11.6 Å². The van der Waals surface area contributed by atoms with Crippen molar-refractivity contribution >= 4 is 40.9 Å². The standard InChI is InChI=1S/C20H19ClN2O3/c1-26-18-10-7-15(13-17(18)21)22-19(24)11-6-14-4-8-16(9-5-14)23-12-2-3-20(23)25/h4-11,13H,2-3,12H2,1H3,(H,22,24)/b11-6+. The summed E-state index contributed by atoms with van der Waals surface area (Å²) in [4.78, 5) is 25.6. The second-order valence-electron chi connectivity index (χ2n) is 5.91. The SMILES string of the molecule is COc1ccc(NC(=O)/C=C/c2ccc(N3CCCC3=O)cc2)cc1Cl. The Morgan fingerprint density at radius 1 is 1.23 bits per heavy atom. The minimum Gasteiger partial charge on any atom is -0.495 e. The highest BCUT2D eigenvalue weighted by Gasteiger charge is 2.21. The maximum Gasteiger partial charge on any atom is 0.248 e. The van der Waals surface area contributed by atoms with Gasteiger partial charge in [-0.2, -0.15) is 0 Å². The summed E-state index contributed by atoms with van der Waals surface area (Å²) in [7, 11) is 1.53. The summed E-state index contributed by atoms with van der Waals surface area (Å²) in [6.45, 7) is 0.765. The second kappa shape index (κ2) is 8.06. The van der Waals surface area contributed by atoms with Crippen LogP contribution in [0.15, 0.2) is 48.5 Å². The Kier molecular flexibility index (Phi) is 5.58. The van der Waals surface area contributed by atoms with Gasteiger partial charge < -0.3 is 15.0 Å². The van der Waals surface area contributed by atoms with E-state index in [2.05, 4.69) is 5.32 Å². The average Bonchev–Trinajstić information content (AvgIpc) is 3.06. The van der Waals surface area contributed by atoms with Gasteiger partial charge in [0.15, 0.2) is 0 Å². The van der Waals surface area contributed by atoms with E-state index in [1.165, 1.54) is 13.2 Å². The Labute approximate surface area is 157 Å². The number of carbonyl (C=O) groups is 2. The summed E-state index contributed by atoms with van der Waals surface area (Å²) in [6.07, 6.45) is 4.68. The van der Waals surface area contributed by atoms with E-state index in [-0.39, 0.29) is 11.8 Å². The third-order valence-corrected chi connectivity index (χ3v) is 4.42. The van der Waals surface area contributed by atoms with Gasteiger partial charge in [-0.1, -0.05) is 23.7 Å². The van der Waals surface area contributed by atoms with Gasteiger partial charge in [0, 0.05) is 30.4 Å². The number of nitrogens with one attached hydrogen (secondary N) is 1. The highest BCUT2D eigenvalue weighted by molar-refractivity contribution is 6.32. The molecule has 0 bridgehead atoms. The monoisotopic (exact) mass is 370 g/mol. The van der Waals surface area contributed by atoms with E-state index >= 15 is 0 Å². The molecule has 0 aliphatic carbocycles. The summed E-state index contributed by atoms with van der Waals surface area (Å²) in [5.74, 6) is 0.452. The van der Waals surface area contributed by atoms with E-state index in [1.807, 2.05) is 24.3 Å². The molecule has 0 aromatic heterocycles. The van der Waals surface area contributed by atoms with Gasteiger partial charge in [-0.15, -0.1) is 0 Å². The normalized spacial score (nSPS) is 14.1. The van der Waals surface area contributed by atoms with E-state index in [0.717, 1.165) is 24.2 Å². The molecule has 0 radical (unpaired) electrons. The van der Waals surface area contributed by atoms with Crippen molar-refractivity contribution in [3.63, 3.8) is 0 Å². The topological polar surface area (TPSA) is 58.6 Å². The molecule has 1 N–H and O–H groups in total. The fraction of sp³-hybridized carbons (Fsp3) is 0.200. The molecular formula is C20H19ClN2O3. The zero-order valence-electron chi connectivity index (χ0n) is 14.4. The second-order valence-corrected chi connectivity index (χ2v) is 6.32. The quantitative estimate of drug-likeness (QED) is 0.805. The summed E-state index contributed by atoms with van der Waals surface area (Å²) in [5, 5.41) is 3.18. The van der Waals surface area contributed by atoms with Crippen LogP contribution in [0.25, 0.3) is 6.08 Å². The lowest BCUT2D eigenvalue weighted by Gasteiger charge is -2.15. The molecule has 26 heavy (non-hydrogen) atoms. The molecule has 0 spiro atoms. The molecule has 1 fully saturated rings. The number of nitrogens with zero attached hydrogens (tertiary/aromatic N) is 1. The predicted molar refractivity (Wildman–Crippen MR) is 104 cm³/mol. The fourth-order valence-corrected chi connectivity index (χ4v) is 3.04. The number of hydrogen-bond donors (Lipinski definition) is 1. The van der Waals surface area contributed by atoms with Crippen LogP contribution in [0, 0.1) is 0 Å². The van der Waals surface area contributed by atoms with Crippen molar-refractivity contribution in [1.29, 1.82) is 0 Å². The van der Waals surface area contributed by atoms with Crippen molar-refractivity contribution in [1.82, 2.24) is 0 Å². The Balaban J connectivity index is 1.61. The Morgan fingerprint density at radius 3 is 2.62 bits per heavy atom. The van der Waals surface area contributed by atoms with Gasteiger partial charge in [0.25, 0.3) is 0 Å². The lowest BCUT2D eigenvalue weighted by Crippen LogP contribution is -2.23. The molecule has 1 saturated heterocycles. The predicted octanol–water partition coefficient (Wildman–Crippen LogP) is 4.13. The van der Waals surface area contributed by atoms with E-state index in [4.69, 9.17) is 16.3 Å². The molecule has 2 aromatic rings. The third-order valence-electron chi connectivity index (χ3n) is 4.12. The largest absolute Gasteiger partial charge is 0.495 e. The molecule has 5 nitrogen and oxygen atoms in total. The van der Waals surface area contributed by atoms with Crippen LogP contribution < -0.4 is 15.0 Å². The minimum atomic E-state index is -0.259. The Hall–Kier alpha value is -2.79. The first-order valence-corrected chi connectivity index (χ1v) is 8.67. The fourth-order valence-electron chi connectivity index (χ4n) is 2.79. The summed E-state index contributed by atoms with van der Waals surface area (Å²) >= 11 is 6.04. The van der Waals surface area contributed by atoms with E-state index < -0.39 is 0 Å². The van der Waals surface area contributed by atoms with Crippen LogP contribution in [0.3, 0.4) is 0 Å². The highest BCUT2D eigenvalue weighted by Crippen LogP contribution is 2.27. The van der Waals surface area contributed by atoms with E-state index in [9.17, 15) is 9.59 Å². The number of carbonyl (C=O) groups excluding carboxylic acids is 2. The van der Waals surface area contributed by atoms with Crippen LogP contribution in [-0.4, -0.2) is 25.5 Å². The molecule has 1 aliphatic heterocycles. The van der Waals surface area contributed by atoms with E-state index in [0.29, 0.717) is 22.9 Å². The smallest absolute Gasteiger partial charge is 0.248 e. The van der Waals surface area contributed by atoms with E-state index in [1.54, 1.807) is 29.2 Å². The van der Waals surface area contributed by atoms with Crippen molar-refractivity contribution in [2.75, 3.05) is 23.9 Å². The van der Waals surface area contributed by atoms with Crippen LogP contribution in [-0.2, 0) is 9.59 Å². The molecule has 1 aliphatic rings. The van der Waals surface area contributed by atoms with Crippen molar-refractivity contribution in [2.24, 2.45) is 0 Å². The van der Waals surface area contributed by atoms with Gasteiger partial charge in [0.1, 0.15) is 5.75 Å². The lowest BCUT2D eigenvalue weighted by molar-refractivity contribution is -0.117. The van der Waals surface area contributed by atoms with Crippen LogP contribution in [0.5, 0.6) is 5.75 Å². The number of methoxy groups -OCH3 is 1.